The smallest absolute Gasteiger partial charge is 0.304 e. The van der Waals surface area contributed by atoms with E-state index >= 15 is 0 Å². The van der Waals surface area contributed by atoms with Crippen LogP contribution in [-0.2, 0) is 10.2 Å². The molecule has 6 heteroatoms. The van der Waals surface area contributed by atoms with Crippen LogP contribution in [0.25, 0.3) is 0 Å². The summed E-state index contributed by atoms with van der Waals surface area (Å²) < 4.78 is 34.3. The molecule has 0 amide bonds. The first kappa shape index (κ1) is 13.7. The second-order valence-corrected chi connectivity index (χ2v) is 7.35. The fourth-order valence-electron chi connectivity index (χ4n) is 2.88. The summed E-state index contributed by atoms with van der Waals surface area (Å²) in [5.41, 5.74) is 0.650. The maximum absolute atomic E-state index is 12.8. The van der Waals surface area contributed by atoms with E-state index in [1.807, 2.05) is 18.2 Å². The first-order valence-electron chi connectivity index (χ1n) is 7.08. The Balaban J connectivity index is 1.92. The van der Waals surface area contributed by atoms with Gasteiger partial charge in [0.05, 0.1) is 12.2 Å². The van der Waals surface area contributed by atoms with Crippen molar-refractivity contribution in [2.75, 3.05) is 30.5 Å². The van der Waals surface area contributed by atoms with Crippen molar-refractivity contribution < 1.29 is 13.2 Å². The number of ether oxygens (including phenoxy) is 1. The van der Waals surface area contributed by atoms with Gasteiger partial charge in [-0.1, -0.05) is 19.1 Å². The van der Waals surface area contributed by atoms with E-state index in [1.54, 1.807) is 10.4 Å². The number of rotatable bonds is 2. The first-order chi connectivity index (χ1) is 9.59. The van der Waals surface area contributed by atoms with Crippen LogP contribution in [0.3, 0.4) is 0 Å². The predicted molar refractivity (Wildman–Crippen MR) is 78.2 cm³/mol. The van der Waals surface area contributed by atoms with Crippen molar-refractivity contribution in [3.05, 3.63) is 24.3 Å². The van der Waals surface area contributed by atoms with E-state index in [-0.39, 0.29) is 0 Å². The molecule has 1 aromatic rings. The Hall–Kier alpha value is -1.27. The molecule has 2 aliphatic rings. The molecule has 0 radical (unpaired) electrons. The van der Waals surface area contributed by atoms with Crippen molar-refractivity contribution in [2.24, 2.45) is 5.92 Å². The Bertz CT molecular complexity index is 588. The molecule has 0 aromatic heterocycles. The number of anilines is 1. The zero-order valence-electron chi connectivity index (χ0n) is 11.7. The molecule has 1 saturated heterocycles. The van der Waals surface area contributed by atoms with Gasteiger partial charge in [-0.15, -0.1) is 0 Å². The van der Waals surface area contributed by atoms with Crippen LogP contribution < -0.4 is 9.04 Å². The third-order valence-corrected chi connectivity index (χ3v) is 5.83. The minimum absolute atomic E-state index is 0.379. The zero-order valence-corrected chi connectivity index (χ0v) is 12.5. The van der Waals surface area contributed by atoms with E-state index in [4.69, 9.17) is 4.74 Å². The van der Waals surface area contributed by atoms with Crippen molar-refractivity contribution >= 4 is 15.9 Å². The van der Waals surface area contributed by atoms with E-state index in [0.717, 1.165) is 12.8 Å². The number of benzene rings is 1. The molecule has 0 spiro atoms. The topological polar surface area (TPSA) is 49.9 Å². The third-order valence-electron chi connectivity index (χ3n) is 3.91. The Kier molecular flexibility index (Phi) is 3.60. The van der Waals surface area contributed by atoms with Gasteiger partial charge in [-0.2, -0.15) is 12.7 Å². The lowest BCUT2D eigenvalue weighted by atomic mass is 10.0. The Morgan fingerprint density at radius 1 is 1.25 bits per heavy atom. The summed E-state index contributed by atoms with van der Waals surface area (Å²) in [6.07, 6.45) is 2.04. The minimum Gasteiger partial charge on any atom is -0.489 e. The van der Waals surface area contributed by atoms with Crippen LogP contribution in [0.2, 0.25) is 0 Å². The summed E-state index contributed by atoms with van der Waals surface area (Å²) in [6.45, 7) is 4.12. The summed E-state index contributed by atoms with van der Waals surface area (Å²) in [4.78, 5) is 0. The monoisotopic (exact) mass is 296 g/mol. The first-order valence-corrected chi connectivity index (χ1v) is 8.48. The molecule has 1 unspecified atom stereocenters. The second kappa shape index (κ2) is 5.26. The molecule has 1 aromatic carbocycles. The van der Waals surface area contributed by atoms with Gasteiger partial charge in [0.15, 0.2) is 0 Å². The highest BCUT2D eigenvalue weighted by atomic mass is 32.2. The fourth-order valence-corrected chi connectivity index (χ4v) is 4.67. The maximum Gasteiger partial charge on any atom is 0.304 e. The molecule has 5 nitrogen and oxygen atoms in total. The molecular formula is C14H20N2O3S. The summed E-state index contributed by atoms with van der Waals surface area (Å²) >= 11 is 0. The molecule has 0 bridgehead atoms. The molecule has 2 heterocycles. The SMILES string of the molecule is CC1CCCN(S(=O)(=O)N2CCOc3ccccc32)C1. The Morgan fingerprint density at radius 2 is 2.05 bits per heavy atom. The average Bonchev–Trinajstić information content (AvgIpc) is 2.46. The van der Waals surface area contributed by atoms with Crippen LogP contribution >= 0.6 is 0 Å². The normalized spacial score (nSPS) is 24.1. The van der Waals surface area contributed by atoms with Gasteiger partial charge in [-0.05, 0) is 30.9 Å². The molecular weight excluding hydrogens is 276 g/mol. The van der Waals surface area contributed by atoms with Crippen molar-refractivity contribution in [2.45, 2.75) is 19.8 Å². The van der Waals surface area contributed by atoms with Crippen LogP contribution in [0.15, 0.2) is 24.3 Å². The van der Waals surface area contributed by atoms with E-state index in [0.29, 0.717) is 43.6 Å². The number of para-hydroxylation sites is 2. The average molecular weight is 296 g/mol. The van der Waals surface area contributed by atoms with Crippen molar-refractivity contribution in [1.29, 1.82) is 0 Å². The van der Waals surface area contributed by atoms with Crippen LogP contribution in [0.4, 0.5) is 5.69 Å². The van der Waals surface area contributed by atoms with Crippen molar-refractivity contribution in [3.63, 3.8) is 0 Å². The maximum atomic E-state index is 12.8. The van der Waals surface area contributed by atoms with Gasteiger partial charge >= 0.3 is 10.2 Å². The van der Waals surface area contributed by atoms with Crippen LogP contribution in [0.1, 0.15) is 19.8 Å². The molecule has 1 fully saturated rings. The highest BCUT2D eigenvalue weighted by Crippen LogP contribution is 2.34. The second-order valence-electron chi connectivity index (χ2n) is 5.50. The predicted octanol–water partition coefficient (Wildman–Crippen LogP) is 1.86. The van der Waals surface area contributed by atoms with E-state index in [1.165, 1.54) is 4.31 Å². The summed E-state index contributed by atoms with van der Waals surface area (Å²) in [5.74, 6) is 1.07. The minimum atomic E-state index is -3.44. The number of hydrogen-bond acceptors (Lipinski definition) is 3. The van der Waals surface area contributed by atoms with Crippen molar-refractivity contribution in [1.82, 2.24) is 4.31 Å². The molecule has 0 aliphatic carbocycles. The quantitative estimate of drug-likeness (QED) is 0.837. The lowest BCUT2D eigenvalue weighted by molar-refractivity contribution is 0.275. The summed E-state index contributed by atoms with van der Waals surface area (Å²) in [5, 5.41) is 0. The van der Waals surface area contributed by atoms with E-state index in [2.05, 4.69) is 6.92 Å². The molecule has 3 rings (SSSR count). The number of fused-ring (bicyclic) bond motifs is 1. The van der Waals surface area contributed by atoms with Crippen LogP contribution in [-0.4, -0.2) is 39.0 Å². The molecule has 20 heavy (non-hydrogen) atoms. The molecule has 110 valence electrons. The summed E-state index contributed by atoms with van der Waals surface area (Å²) in [7, 11) is -3.44. The lowest BCUT2D eigenvalue weighted by Gasteiger charge is -2.37. The zero-order chi connectivity index (χ0) is 14.2. The van der Waals surface area contributed by atoms with Crippen molar-refractivity contribution in [3.8, 4) is 5.75 Å². The third kappa shape index (κ3) is 2.38. The van der Waals surface area contributed by atoms with Gasteiger partial charge in [0.2, 0.25) is 0 Å². The Labute approximate surface area is 120 Å². The fraction of sp³-hybridized carbons (Fsp3) is 0.571. The van der Waals surface area contributed by atoms with Gasteiger partial charge in [-0.3, -0.25) is 4.31 Å². The van der Waals surface area contributed by atoms with Gasteiger partial charge < -0.3 is 4.74 Å². The number of hydrogen-bond donors (Lipinski definition) is 0. The van der Waals surface area contributed by atoms with Crippen LogP contribution in [0.5, 0.6) is 5.75 Å². The molecule has 1 atom stereocenters. The molecule has 0 N–H and O–H groups in total. The molecule has 0 saturated carbocycles. The Morgan fingerprint density at radius 3 is 2.85 bits per heavy atom. The van der Waals surface area contributed by atoms with Gasteiger partial charge in [0, 0.05) is 13.1 Å². The largest absolute Gasteiger partial charge is 0.489 e. The van der Waals surface area contributed by atoms with E-state index < -0.39 is 10.2 Å². The number of nitrogens with zero attached hydrogens (tertiary/aromatic N) is 2. The van der Waals surface area contributed by atoms with Gasteiger partial charge in [-0.25, -0.2) is 0 Å². The van der Waals surface area contributed by atoms with Gasteiger partial charge in [0.25, 0.3) is 0 Å². The van der Waals surface area contributed by atoms with E-state index in [9.17, 15) is 8.42 Å². The lowest BCUT2D eigenvalue weighted by Crippen LogP contribution is -2.50. The highest BCUT2D eigenvalue weighted by Gasteiger charge is 2.35. The summed E-state index contributed by atoms with van der Waals surface area (Å²) in [6, 6.07) is 7.32. The highest BCUT2D eigenvalue weighted by molar-refractivity contribution is 7.90. The molecule has 2 aliphatic heterocycles. The standard InChI is InChI=1S/C14H20N2O3S/c1-12-5-4-8-15(11-12)20(17,18)16-9-10-19-14-7-3-2-6-13(14)16/h2-3,6-7,12H,4-5,8-11H2,1H3. The number of piperidine rings is 1. The van der Waals surface area contributed by atoms with Gasteiger partial charge in [0.1, 0.15) is 12.4 Å². The van der Waals surface area contributed by atoms with Crippen LogP contribution in [0, 0.1) is 5.92 Å².